The molecule has 0 radical (unpaired) electrons. The second kappa shape index (κ2) is 4.17. The summed E-state index contributed by atoms with van der Waals surface area (Å²) in [6.07, 6.45) is -2.63. The van der Waals surface area contributed by atoms with Crippen molar-refractivity contribution in [3.05, 3.63) is 5.82 Å². The lowest BCUT2D eigenvalue weighted by Crippen LogP contribution is -2.35. The van der Waals surface area contributed by atoms with Gasteiger partial charge in [0, 0.05) is 30.7 Å². The molecule has 2 heterocycles. The number of alkyl halides is 3. The Morgan fingerprint density at radius 2 is 2.25 bits per heavy atom. The molecule has 2 N–H and O–H groups in total. The Bertz CT molecular complexity index is 364. The first-order chi connectivity index (χ1) is 7.52. The van der Waals surface area contributed by atoms with E-state index in [2.05, 4.69) is 9.36 Å². The molecule has 0 aromatic carbocycles. The third-order valence-electron chi connectivity index (χ3n) is 2.56. The van der Waals surface area contributed by atoms with Crippen molar-refractivity contribution in [1.82, 2.24) is 9.36 Å². The Morgan fingerprint density at radius 1 is 1.50 bits per heavy atom. The lowest BCUT2D eigenvalue weighted by molar-refractivity contribution is -0.144. The summed E-state index contributed by atoms with van der Waals surface area (Å²) in [5.74, 6) is -1.06. The number of rotatable bonds is 2. The molecule has 1 aliphatic rings. The molecule has 1 fully saturated rings. The lowest BCUT2D eigenvalue weighted by atomic mass is 10.2. The third kappa shape index (κ3) is 2.12. The average Bonchev–Trinajstić information content (AvgIpc) is 2.84. The topological polar surface area (TPSA) is 55.0 Å². The van der Waals surface area contributed by atoms with Crippen LogP contribution >= 0.6 is 11.5 Å². The molecular weight excluding hydrogens is 241 g/mol. The van der Waals surface area contributed by atoms with Gasteiger partial charge in [0.1, 0.15) is 0 Å². The van der Waals surface area contributed by atoms with Gasteiger partial charge in [0.15, 0.2) is 0 Å². The summed E-state index contributed by atoms with van der Waals surface area (Å²) in [6, 6.07) is 0.0917. The van der Waals surface area contributed by atoms with Crippen LogP contribution in [0.3, 0.4) is 0 Å². The number of aromatic nitrogens is 2. The van der Waals surface area contributed by atoms with Gasteiger partial charge >= 0.3 is 6.18 Å². The molecule has 90 valence electrons. The molecule has 4 nitrogen and oxygen atoms in total. The fourth-order valence-electron chi connectivity index (χ4n) is 1.78. The van der Waals surface area contributed by atoms with Crippen LogP contribution in [0.25, 0.3) is 0 Å². The van der Waals surface area contributed by atoms with Crippen molar-refractivity contribution in [2.75, 3.05) is 18.0 Å². The maximum Gasteiger partial charge on any atom is 0.452 e. The minimum absolute atomic E-state index is 0.0917. The number of anilines is 1. The van der Waals surface area contributed by atoms with Crippen molar-refractivity contribution in [2.24, 2.45) is 5.73 Å². The second-order valence-corrected chi connectivity index (χ2v) is 4.35. The minimum atomic E-state index is -4.47. The molecule has 1 atom stereocenters. The van der Waals surface area contributed by atoms with Crippen LogP contribution in [0.2, 0.25) is 0 Å². The van der Waals surface area contributed by atoms with Crippen molar-refractivity contribution in [3.63, 3.8) is 0 Å². The van der Waals surface area contributed by atoms with Crippen molar-refractivity contribution in [3.8, 4) is 0 Å². The number of nitrogens with two attached hydrogens (primary N) is 1. The summed E-state index contributed by atoms with van der Waals surface area (Å²) in [7, 11) is 0. The van der Waals surface area contributed by atoms with Gasteiger partial charge in [-0.15, -0.1) is 0 Å². The monoisotopic (exact) mass is 252 g/mol. The third-order valence-corrected chi connectivity index (χ3v) is 3.32. The molecular formula is C8H11F3N4S. The van der Waals surface area contributed by atoms with Crippen molar-refractivity contribution in [1.29, 1.82) is 0 Å². The van der Waals surface area contributed by atoms with E-state index < -0.39 is 12.0 Å². The van der Waals surface area contributed by atoms with Gasteiger partial charge < -0.3 is 10.6 Å². The van der Waals surface area contributed by atoms with Gasteiger partial charge in [-0.3, -0.25) is 0 Å². The molecule has 0 bridgehead atoms. The Kier molecular flexibility index (Phi) is 3.02. The highest BCUT2D eigenvalue weighted by Crippen LogP contribution is 2.32. The zero-order valence-electron chi connectivity index (χ0n) is 8.37. The SMILES string of the molecule is NCC1CCCN1c1nc(C(F)(F)F)ns1. The Balaban J connectivity index is 2.18. The second-order valence-electron chi connectivity index (χ2n) is 3.62. The molecule has 1 aromatic heterocycles. The predicted molar refractivity (Wildman–Crippen MR) is 54.3 cm³/mol. The average molecular weight is 252 g/mol. The van der Waals surface area contributed by atoms with Gasteiger partial charge in [-0.2, -0.15) is 22.5 Å². The van der Waals surface area contributed by atoms with Gasteiger partial charge in [0.25, 0.3) is 0 Å². The van der Waals surface area contributed by atoms with Crippen LogP contribution in [-0.4, -0.2) is 28.5 Å². The van der Waals surface area contributed by atoms with Crippen LogP contribution in [0.1, 0.15) is 18.7 Å². The first kappa shape index (κ1) is 11.6. The van der Waals surface area contributed by atoms with E-state index >= 15 is 0 Å². The number of halogens is 3. The van der Waals surface area contributed by atoms with E-state index in [0.717, 1.165) is 24.4 Å². The van der Waals surface area contributed by atoms with Crippen LogP contribution in [-0.2, 0) is 6.18 Å². The van der Waals surface area contributed by atoms with Gasteiger partial charge in [-0.1, -0.05) is 0 Å². The zero-order chi connectivity index (χ0) is 11.8. The largest absolute Gasteiger partial charge is 0.452 e. The van der Waals surface area contributed by atoms with Gasteiger partial charge in [-0.25, -0.2) is 0 Å². The van der Waals surface area contributed by atoms with Gasteiger partial charge in [-0.05, 0) is 12.8 Å². The molecule has 0 saturated carbocycles. The first-order valence-electron chi connectivity index (χ1n) is 4.90. The maximum atomic E-state index is 12.3. The van der Waals surface area contributed by atoms with E-state index in [9.17, 15) is 13.2 Å². The molecule has 0 aliphatic carbocycles. The molecule has 16 heavy (non-hydrogen) atoms. The highest BCUT2D eigenvalue weighted by molar-refractivity contribution is 7.09. The minimum Gasteiger partial charge on any atom is -0.343 e. The number of nitrogens with zero attached hydrogens (tertiary/aromatic N) is 3. The van der Waals surface area contributed by atoms with E-state index in [1.165, 1.54) is 0 Å². The van der Waals surface area contributed by atoms with Gasteiger partial charge in [0.2, 0.25) is 11.0 Å². The van der Waals surface area contributed by atoms with Crippen LogP contribution < -0.4 is 10.6 Å². The summed E-state index contributed by atoms with van der Waals surface area (Å²) in [5, 5.41) is 0.320. The fourth-order valence-corrected chi connectivity index (χ4v) is 2.56. The molecule has 0 amide bonds. The smallest absolute Gasteiger partial charge is 0.343 e. The molecule has 2 rings (SSSR count). The Labute approximate surface area is 94.4 Å². The highest BCUT2D eigenvalue weighted by atomic mass is 32.1. The molecule has 1 aromatic rings. The molecule has 0 spiro atoms. The standard InChI is InChI=1S/C8H11F3N4S/c9-8(10,11)6-13-7(16-14-6)15-3-1-2-5(15)4-12/h5H,1-4,12H2. The zero-order valence-corrected chi connectivity index (χ0v) is 9.18. The lowest BCUT2D eigenvalue weighted by Gasteiger charge is -2.21. The molecule has 1 saturated heterocycles. The number of hydrogen-bond donors (Lipinski definition) is 1. The van der Waals surface area contributed by atoms with Crippen molar-refractivity contribution < 1.29 is 13.2 Å². The quantitative estimate of drug-likeness (QED) is 0.866. The van der Waals surface area contributed by atoms with E-state index in [-0.39, 0.29) is 6.04 Å². The van der Waals surface area contributed by atoms with Crippen molar-refractivity contribution in [2.45, 2.75) is 25.1 Å². The van der Waals surface area contributed by atoms with Crippen LogP contribution in [0.5, 0.6) is 0 Å². The first-order valence-corrected chi connectivity index (χ1v) is 5.67. The van der Waals surface area contributed by atoms with E-state index in [4.69, 9.17) is 5.73 Å². The predicted octanol–water partition coefficient (Wildman–Crippen LogP) is 1.48. The summed E-state index contributed by atoms with van der Waals surface area (Å²) >= 11 is 0.782. The fraction of sp³-hybridized carbons (Fsp3) is 0.750. The summed E-state index contributed by atoms with van der Waals surface area (Å²) in [6.45, 7) is 1.13. The van der Waals surface area contributed by atoms with Gasteiger partial charge in [0.05, 0.1) is 0 Å². The maximum absolute atomic E-state index is 12.3. The van der Waals surface area contributed by atoms with E-state index in [1.807, 2.05) is 4.90 Å². The normalized spacial score (nSPS) is 21.8. The molecule has 1 aliphatic heterocycles. The van der Waals surface area contributed by atoms with E-state index in [1.54, 1.807) is 0 Å². The van der Waals surface area contributed by atoms with Crippen LogP contribution in [0, 0.1) is 0 Å². The molecule has 1 unspecified atom stereocenters. The Morgan fingerprint density at radius 3 is 2.81 bits per heavy atom. The summed E-state index contributed by atoms with van der Waals surface area (Å²) in [5.41, 5.74) is 5.55. The number of hydrogen-bond acceptors (Lipinski definition) is 5. The van der Waals surface area contributed by atoms with E-state index in [0.29, 0.717) is 18.2 Å². The highest BCUT2D eigenvalue weighted by Gasteiger charge is 2.37. The van der Waals surface area contributed by atoms with Crippen LogP contribution in [0.15, 0.2) is 0 Å². The van der Waals surface area contributed by atoms with Crippen molar-refractivity contribution >= 4 is 16.7 Å². The summed E-state index contributed by atoms with van der Waals surface area (Å²) < 4.78 is 40.2. The molecule has 8 heteroatoms. The Hall–Kier alpha value is -0.890. The van der Waals surface area contributed by atoms with Crippen LogP contribution in [0.4, 0.5) is 18.3 Å². The summed E-state index contributed by atoms with van der Waals surface area (Å²) in [4.78, 5) is 5.33.